The summed E-state index contributed by atoms with van der Waals surface area (Å²) in [6.07, 6.45) is 5.77. The van der Waals surface area contributed by atoms with Crippen molar-refractivity contribution < 1.29 is 22.6 Å². The van der Waals surface area contributed by atoms with E-state index in [1.165, 1.54) is 19.7 Å². The topological polar surface area (TPSA) is 90.2 Å². The fourth-order valence-corrected chi connectivity index (χ4v) is 3.87. The molecule has 1 N–H and O–H groups in total. The van der Waals surface area contributed by atoms with Gasteiger partial charge in [-0.15, -0.1) is 0 Å². The Morgan fingerprint density at radius 3 is 2.70 bits per heavy atom. The van der Waals surface area contributed by atoms with E-state index in [0.717, 1.165) is 23.4 Å². The molecule has 0 amide bonds. The first-order valence-electron chi connectivity index (χ1n) is 10.5. The van der Waals surface area contributed by atoms with Gasteiger partial charge < -0.3 is 24.3 Å². The number of likely N-dealkylation sites (N-methyl/N-ethyl adjacent to an activating group) is 1. The highest BCUT2D eigenvalue weighted by Gasteiger charge is 2.46. The van der Waals surface area contributed by atoms with Crippen LogP contribution in [0.3, 0.4) is 0 Å². The lowest BCUT2D eigenvalue weighted by atomic mass is 9.83. The minimum absolute atomic E-state index is 0.0478. The normalized spacial score (nSPS) is 18.3. The van der Waals surface area contributed by atoms with Crippen molar-refractivity contribution in [2.45, 2.75) is 37.4 Å². The lowest BCUT2D eigenvalue weighted by molar-refractivity contribution is -0.155. The minimum Gasteiger partial charge on any atom is -0.494 e. The number of nitrogens with zero attached hydrogens (tertiary/aromatic N) is 6. The van der Waals surface area contributed by atoms with E-state index >= 15 is 0 Å². The van der Waals surface area contributed by atoms with Crippen molar-refractivity contribution in [3.05, 3.63) is 36.7 Å². The van der Waals surface area contributed by atoms with Crippen LogP contribution in [0.25, 0.3) is 5.69 Å². The second-order valence-corrected chi connectivity index (χ2v) is 8.06. The van der Waals surface area contributed by atoms with E-state index in [4.69, 9.17) is 9.47 Å². The SMILES string of the molecule is COc1cc(Nc2ncc3c(n2)N(C)C(C(F)(F)F)CO3)ncc1-n1cnc(C2CCC2)c1. The fraction of sp³-hybridized carbons (Fsp3) is 0.429. The second-order valence-electron chi connectivity index (χ2n) is 8.06. The number of fused-ring (bicyclic) bond motifs is 1. The highest BCUT2D eigenvalue weighted by Crippen LogP contribution is 2.38. The summed E-state index contributed by atoms with van der Waals surface area (Å²) in [5.41, 5.74) is 1.77. The number of halogens is 3. The molecule has 0 bridgehead atoms. The maximum atomic E-state index is 13.3. The molecule has 3 aromatic heterocycles. The molecular weight excluding hydrogens is 439 g/mol. The average molecular weight is 461 g/mol. The number of anilines is 3. The van der Waals surface area contributed by atoms with Gasteiger partial charge in [0.25, 0.3) is 0 Å². The van der Waals surface area contributed by atoms with Crippen molar-refractivity contribution in [1.29, 1.82) is 0 Å². The van der Waals surface area contributed by atoms with Gasteiger partial charge in [-0.25, -0.2) is 15.0 Å². The van der Waals surface area contributed by atoms with Crippen LogP contribution < -0.4 is 19.7 Å². The van der Waals surface area contributed by atoms with Gasteiger partial charge in [-0.05, 0) is 12.8 Å². The highest BCUT2D eigenvalue weighted by atomic mass is 19.4. The number of rotatable bonds is 5. The zero-order chi connectivity index (χ0) is 23.2. The summed E-state index contributed by atoms with van der Waals surface area (Å²) in [6, 6.07) is -0.120. The number of pyridine rings is 1. The molecule has 3 aromatic rings. The number of hydrogen-bond acceptors (Lipinski definition) is 8. The summed E-state index contributed by atoms with van der Waals surface area (Å²) in [5, 5.41) is 2.92. The highest BCUT2D eigenvalue weighted by molar-refractivity contribution is 5.61. The van der Waals surface area contributed by atoms with Crippen LogP contribution in [0.15, 0.2) is 31.0 Å². The van der Waals surface area contributed by atoms with Gasteiger partial charge >= 0.3 is 6.18 Å². The number of alkyl halides is 3. The number of hydrogen-bond donors (Lipinski definition) is 1. The predicted molar refractivity (Wildman–Crippen MR) is 114 cm³/mol. The first kappa shape index (κ1) is 21.3. The molecule has 33 heavy (non-hydrogen) atoms. The van der Waals surface area contributed by atoms with Crippen LogP contribution in [0.1, 0.15) is 30.9 Å². The van der Waals surface area contributed by atoms with Gasteiger partial charge in [0.15, 0.2) is 17.6 Å². The number of methoxy groups -OCH3 is 1. The third-order valence-electron chi connectivity index (χ3n) is 6.02. The number of aromatic nitrogens is 5. The van der Waals surface area contributed by atoms with E-state index in [2.05, 4.69) is 25.3 Å². The summed E-state index contributed by atoms with van der Waals surface area (Å²) in [5.74, 6) is 1.75. The molecule has 1 aliphatic carbocycles. The first-order valence-corrected chi connectivity index (χ1v) is 10.5. The molecule has 1 atom stereocenters. The largest absolute Gasteiger partial charge is 0.494 e. The van der Waals surface area contributed by atoms with Crippen LogP contribution >= 0.6 is 0 Å². The summed E-state index contributed by atoms with van der Waals surface area (Å²) in [6.45, 7) is -0.514. The van der Waals surface area contributed by atoms with Crippen molar-refractivity contribution in [2.24, 2.45) is 0 Å². The van der Waals surface area contributed by atoms with E-state index in [0.29, 0.717) is 23.2 Å². The lowest BCUT2D eigenvalue weighted by Gasteiger charge is -2.35. The predicted octanol–water partition coefficient (Wildman–Crippen LogP) is 3.84. The molecule has 0 radical (unpaired) electrons. The number of imidazole rings is 1. The Labute approximate surface area is 187 Å². The van der Waals surface area contributed by atoms with E-state index in [1.54, 1.807) is 25.7 Å². The fourth-order valence-electron chi connectivity index (χ4n) is 3.87. The average Bonchev–Trinajstić information content (AvgIpc) is 3.21. The van der Waals surface area contributed by atoms with Crippen molar-refractivity contribution in [3.63, 3.8) is 0 Å². The molecule has 9 nitrogen and oxygen atoms in total. The molecule has 0 spiro atoms. The molecule has 0 aromatic carbocycles. The summed E-state index contributed by atoms with van der Waals surface area (Å²) >= 11 is 0. The summed E-state index contributed by atoms with van der Waals surface area (Å²) < 4.78 is 52.4. The van der Waals surface area contributed by atoms with Gasteiger partial charge in [0.2, 0.25) is 5.95 Å². The van der Waals surface area contributed by atoms with E-state index in [9.17, 15) is 13.2 Å². The van der Waals surface area contributed by atoms with Gasteiger partial charge in [-0.1, -0.05) is 6.42 Å². The zero-order valence-electron chi connectivity index (χ0n) is 18.0. The van der Waals surface area contributed by atoms with Crippen molar-refractivity contribution in [2.75, 3.05) is 31.0 Å². The Morgan fingerprint density at radius 1 is 1.18 bits per heavy atom. The molecule has 1 aliphatic heterocycles. The minimum atomic E-state index is -4.44. The molecule has 5 rings (SSSR count). The molecule has 0 saturated heterocycles. The van der Waals surface area contributed by atoms with Gasteiger partial charge in [0.05, 0.1) is 31.5 Å². The standard InChI is InChI=1S/C21H22F3N7O2/c1-30-17(21(22,23)24)10-33-16-8-26-20(29-19(16)30)28-18-6-15(32-2)14(7-25-18)31-9-13(27-11-31)12-4-3-5-12/h6-9,11-12,17H,3-5,10H2,1-2H3,(H,25,26,28,29). The second kappa shape index (κ2) is 8.09. The summed E-state index contributed by atoms with van der Waals surface area (Å²) in [7, 11) is 2.88. The van der Waals surface area contributed by atoms with Crippen LogP contribution in [0.5, 0.6) is 11.5 Å². The molecule has 12 heteroatoms. The van der Waals surface area contributed by atoms with Gasteiger partial charge in [0.1, 0.15) is 23.9 Å². The van der Waals surface area contributed by atoms with Gasteiger partial charge in [-0.2, -0.15) is 18.2 Å². The lowest BCUT2D eigenvalue weighted by Crippen LogP contribution is -2.50. The maximum absolute atomic E-state index is 13.3. The van der Waals surface area contributed by atoms with E-state index in [-0.39, 0.29) is 17.5 Å². The third kappa shape index (κ3) is 4.00. The maximum Gasteiger partial charge on any atom is 0.412 e. The Balaban J connectivity index is 1.38. The van der Waals surface area contributed by atoms with Gasteiger partial charge in [0, 0.05) is 25.2 Å². The van der Waals surface area contributed by atoms with Crippen molar-refractivity contribution in [1.82, 2.24) is 24.5 Å². The molecular formula is C21H22F3N7O2. The quantitative estimate of drug-likeness (QED) is 0.613. The molecule has 1 saturated carbocycles. The van der Waals surface area contributed by atoms with Crippen molar-refractivity contribution in [3.8, 4) is 17.2 Å². The molecule has 4 heterocycles. The Morgan fingerprint density at radius 2 is 2.00 bits per heavy atom. The summed E-state index contributed by atoms with van der Waals surface area (Å²) in [4.78, 5) is 18.3. The monoisotopic (exact) mass is 461 g/mol. The number of ether oxygens (including phenoxy) is 2. The van der Waals surface area contributed by atoms with Crippen LogP contribution in [-0.4, -0.2) is 57.5 Å². The van der Waals surface area contributed by atoms with E-state index in [1.807, 2.05) is 10.8 Å². The Bertz CT molecular complexity index is 1160. The van der Waals surface area contributed by atoms with Crippen molar-refractivity contribution >= 4 is 17.6 Å². The zero-order valence-corrected chi connectivity index (χ0v) is 18.0. The smallest absolute Gasteiger partial charge is 0.412 e. The molecule has 174 valence electrons. The molecule has 2 aliphatic rings. The van der Waals surface area contributed by atoms with Crippen LogP contribution in [-0.2, 0) is 0 Å². The van der Waals surface area contributed by atoms with Gasteiger partial charge in [-0.3, -0.25) is 0 Å². The molecule has 1 fully saturated rings. The van der Waals surface area contributed by atoms with E-state index < -0.39 is 18.8 Å². The van der Waals surface area contributed by atoms with Crippen LogP contribution in [0.4, 0.5) is 30.8 Å². The van der Waals surface area contributed by atoms with Crippen LogP contribution in [0.2, 0.25) is 0 Å². The number of nitrogens with one attached hydrogen (secondary N) is 1. The first-order chi connectivity index (χ1) is 15.8. The third-order valence-corrected chi connectivity index (χ3v) is 6.02. The Kier molecular flexibility index (Phi) is 5.22. The molecule has 1 unspecified atom stereocenters. The van der Waals surface area contributed by atoms with Crippen LogP contribution in [0, 0.1) is 0 Å². The Hall–Kier alpha value is -3.57.